The van der Waals surface area contributed by atoms with Gasteiger partial charge in [-0.15, -0.1) is 0 Å². The molecule has 6 nitrogen and oxygen atoms in total. The quantitative estimate of drug-likeness (QED) is 0.730. The van der Waals surface area contributed by atoms with E-state index in [1.165, 1.54) is 26.2 Å². The van der Waals surface area contributed by atoms with E-state index >= 15 is 0 Å². The van der Waals surface area contributed by atoms with Gasteiger partial charge in [0.25, 0.3) is 0 Å². The Labute approximate surface area is 163 Å². The fourth-order valence-electron chi connectivity index (χ4n) is 2.93. The number of methoxy groups -OCH3 is 1. The molecule has 1 saturated carbocycles. The molecule has 0 aliphatic heterocycles. The van der Waals surface area contributed by atoms with Crippen LogP contribution in [0, 0.1) is 5.92 Å². The van der Waals surface area contributed by atoms with Gasteiger partial charge in [-0.2, -0.15) is 0 Å². The van der Waals surface area contributed by atoms with Crippen LogP contribution in [0.5, 0.6) is 5.75 Å². The zero-order valence-electron chi connectivity index (χ0n) is 15.0. The molecule has 27 heavy (non-hydrogen) atoms. The van der Waals surface area contributed by atoms with Gasteiger partial charge in [-0.3, -0.25) is 4.79 Å². The van der Waals surface area contributed by atoms with E-state index in [-0.39, 0.29) is 28.5 Å². The van der Waals surface area contributed by atoms with Crippen LogP contribution in [0.25, 0.3) is 0 Å². The molecule has 1 aliphatic carbocycles. The SMILES string of the molecule is COc1ccc(NC(C)=O)cc1S(=O)(=O)NC(c1ccc(Cl)cc1)C1CC1. The van der Waals surface area contributed by atoms with Gasteiger partial charge in [0.15, 0.2) is 0 Å². The summed E-state index contributed by atoms with van der Waals surface area (Å²) < 4.78 is 34.2. The molecule has 2 N–H and O–H groups in total. The van der Waals surface area contributed by atoms with E-state index in [2.05, 4.69) is 10.0 Å². The van der Waals surface area contributed by atoms with Crippen molar-refractivity contribution in [3.05, 3.63) is 53.1 Å². The highest BCUT2D eigenvalue weighted by Gasteiger charge is 2.36. The molecule has 0 saturated heterocycles. The van der Waals surface area contributed by atoms with Gasteiger partial charge < -0.3 is 10.1 Å². The molecule has 0 spiro atoms. The number of sulfonamides is 1. The Kier molecular flexibility index (Phi) is 5.74. The van der Waals surface area contributed by atoms with E-state index in [0.29, 0.717) is 10.7 Å². The number of hydrogen-bond acceptors (Lipinski definition) is 4. The number of carbonyl (C=O) groups is 1. The lowest BCUT2D eigenvalue weighted by Crippen LogP contribution is -2.30. The molecular formula is C19H21ClN2O4S. The van der Waals surface area contributed by atoms with Crippen molar-refractivity contribution in [1.82, 2.24) is 4.72 Å². The number of amides is 1. The van der Waals surface area contributed by atoms with Crippen LogP contribution in [0.3, 0.4) is 0 Å². The third kappa shape index (κ3) is 4.80. The summed E-state index contributed by atoms with van der Waals surface area (Å²) in [5.74, 6) is 0.168. The van der Waals surface area contributed by atoms with Crippen molar-refractivity contribution in [3.63, 3.8) is 0 Å². The fourth-order valence-corrected chi connectivity index (χ4v) is 4.55. The first-order valence-electron chi connectivity index (χ1n) is 8.53. The average molecular weight is 409 g/mol. The number of halogens is 1. The second kappa shape index (κ2) is 7.88. The number of ether oxygens (including phenoxy) is 1. The second-order valence-electron chi connectivity index (χ2n) is 6.53. The molecule has 3 rings (SSSR count). The van der Waals surface area contributed by atoms with E-state index in [1.54, 1.807) is 18.2 Å². The summed E-state index contributed by atoms with van der Waals surface area (Å²) in [5, 5.41) is 3.19. The number of benzene rings is 2. The molecule has 1 fully saturated rings. The molecule has 8 heteroatoms. The number of hydrogen-bond donors (Lipinski definition) is 2. The molecular weight excluding hydrogens is 388 g/mol. The minimum absolute atomic E-state index is 0.0177. The summed E-state index contributed by atoms with van der Waals surface area (Å²) in [4.78, 5) is 11.3. The zero-order chi connectivity index (χ0) is 19.6. The summed E-state index contributed by atoms with van der Waals surface area (Å²) in [6.07, 6.45) is 1.91. The summed E-state index contributed by atoms with van der Waals surface area (Å²) in [5.41, 5.74) is 1.25. The highest BCUT2D eigenvalue weighted by Crippen LogP contribution is 2.42. The lowest BCUT2D eigenvalue weighted by Gasteiger charge is -2.20. The van der Waals surface area contributed by atoms with Gasteiger partial charge in [0.05, 0.1) is 7.11 Å². The Morgan fingerprint density at radius 2 is 1.85 bits per heavy atom. The van der Waals surface area contributed by atoms with Crippen molar-refractivity contribution in [2.45, 2.75) is 30.7 Å². The van der Waals surface area contributed by atoms with Crippen LogP contribution >= 0.6 is 11.6 Å². The number of carbonyl (C=O) groups excluding carboxylic acids is 1. The standard InChI is InChI=1S/C19H21ClN2O4S/c1-12(23)21-16-9-10-17(26-2)18(11-16)27(24,25)22-19(13-3-4-13)14-5-7-15(20)8-6-14/h5-11,13,19,22H,3-4H2,1-2H3,(H,21,23). The first-order chi connectivity index (χ1) is 12.8. The monoisotopic (exact) mass is 408 g/mol. The predicted molar refractivity (Wildman–Crippen MR) is 105 cm³/mol. The highest BCUT2D eigenvalue weighted by molar-refractivity contribution is 7.89. The lowest BCUT2D eigenvalue weighted by molar-refractivity contribution is -0.114. The van der Waals surface area contributed by atoms with Gasteiger partial charge in [-0.05, 0) is 54.7 Å². The van der Waals surface area contributed by atoms with Crippen LogP contribution in [-0.4, -0.2) is 21.4 Å². The number of rotatable bonds is 7. The minimum Gasteiger partial charge on any atom is -0.495 e. The maximum atomic E-state index is 13.1. The van der Waals surface area contributed by atoms with E-state index in [9.17, 15) is 13.2 Å². The van der Waals surface area contributed by atoms with Crippen molar-refractivity contribution >= 4 is 33.2 Å². The Balaban J connectivity index is 1.94. The van der Waals surface area contributed by atoms with Crippen LogP contribution in [0.2, 0.25) is 5.02 Å². The average Bonchev–Trinajstić information content (AvgIpc) is 3.45. The maximum absolute atomic E-state index is 13.1. The molecule has 1 atom stereocenters. The largest absolute Gasteiger partial charge is 0.495 e. The second-order valence-corrected chi connectivity index (χ2v) is 8.65. The van der Waals surface area contributed by atoms with E-state index in [0.717, 1.165) is 18.4 Å². The minimum atomic E-state index is -3.88. The summed E-state index contributed by atoms with van der Waals surface area (Å²) in [7, 11) is -2.48. The van der Waals surface area contributed by atoms with Crippen molar-refractivity contribution < 1.29 is 17.9 Å². The lowest BCUT2D eigenvalue weighted by atomic mass is 10.0. The first-order valence-corrected chi connectivity index (χ1v) is 10.4. The molecule has 1 aliphatic rings. The van der Waals surface area contributed by atoms with Gasteiger partial charge >= 0.3 is 0 Å². The van der Waals surface area contributed by atoms with Gasteiger partial charge in [0.1, 0.15) is 10.6 Å². The summed E-state index contributed by atoms with van der Waals surface area (Å²) >= 11 is 5.95. The fraction of sp³-hybridized carbons (Fsp3) is 0.316. The first kappa shape index (κ1) is 19.7. The third-order valence-corrected chi connectivity index (χ3v) is 6.09. The van der Waals surface area contributed by atoms with Crippen molar-refractivity contribution in [2.24, 2.45) is 5.92 Å². The Hall–Kier alpha value is -2.09. The van der Waals surface area contributed by atoms with Crippen LogP contribution in [0.1, 0.15) is 31.4 Å². The van der Waals surface area contributed by atoms with Crippen LogP contribution < -0.4 is 14.8 Å². The van der Waals surface area contributed by atoms with Gasteiger partial charge in [-0.25, -0.2) is 13.1 Å². The highest BCUT2D eigenvalue weighted by atomic mass is 35.5. The van der Waals surface area contributed by atoms with Gasteiger partial charge in [0, 0.05) is 23.7 Å². The number of nitrogens with one attached hydrogen (secondary N) is 2. The van der Waals surface area contributed by atoms with Crippen molar-refractivity contribution in [1.29, 1.82) is 0 Å². The third-order valence-electron chi connectivity index (χ3n) is 4.38. The van der Waals surface area contributed by atoms with E-state index < -0.39 is 10.0 Å². The molecule has 0 radical (unpaired) electrons. The molecule has 0 aromatic heterocycles. The van der Waals surface area contributed by atoms with Crippen LogP contribution in [0.4, 0.5) is 5.69 Å². The summed E-state index contributed by atoms with van der Waals surface area (Å²) in [6.45, 7) is 1.36. The van der Waals surface area contributed by atoms with Gasteiger partial charge in [-0.1, -0.05) is 23.7 Å². The molecule has 2 aromatic rings. The molecule has 0 heterocycles. The molecule has 1 unspecified atom stereocenters. The van der Waals surface area contributed by atoms with Crippen LogP contribution in [0.15, 0.2) is 47.4 Å². The molecule has 2 aromatic carbocycles. The predicted octanol–water partition coefficient (Wildman–Crippen LogP) is 3.74. The zero-order valence-corrected chi connectivity index (χ0v) is 16.6. The smallest absolute Gasteiger partial charge is 0.244 e. The van der Waals surface area contributed by atoms with Crippen molar-refractivity contribution in [2.75, 3.05) is 12.4 Å². The molecule has 0 bridgehead atoms. The van der Waals surface area contributed by atoms with E-state index in [4.69, 9.17) is 16.3 Å². The van der Waals surface area contributed by atoms with Crippen molar-refractivity contribution in [3.8, 4) is 5.75 Å². The molecule has 1 amide bonds. The number of anilines is 1. The molecule has 144 valence electrons. The summed E-state index contributed by atoms with van der Waals surface area (Å²) in [6, 6.07) is 11.3. The Morgan fingerprint density at radius 3 is 2.41 bits per heavy atom. The maximum Gasteiger partial charge on any atom is 0.244 e. The Bertz CT molecular complexity index is 941. The Morgan fingerprint density at radius 1 is 1.19 bits per heavy atom. The van der Waals surface area contributed by atoms with Crippen LogP contribution in [-0.2, 0) is 14.8 Å². The van der Waals surface area contributed by atoms with E-state index in [1.807, 2.05) is 12.1 Å². The van der Waals surface area contributed by atoms with Gasteiger partial charge in [0.2, 0.25) is 15.9 Å². The topological polar surface area (TPSA) is 84.5 Å². The normalized spacial score (nSPS) is 15.2.